The average Bonchev–Trinajstić information content (AvgIpc) is 3.04. The number of hydrogen-bond donors (Lipinski definition) is 2. The van der Waals surface area contributed by atoms with Gasteiger partial charge in [-0.3, -0.25) is 5.10 Å². The van der Waals surface area contributed by atoms with Gasteiger partial charge in [0.15, 0.2) is 5.82 Å². The summed E-state index contributed by atoms with van der Waals surface area (Å²) in [5.74, 6) is 1.26. The van der Waals surface area contributed by atoms with Crippen LogP contribution in [0.5, 0.6) is 5.75 Å². The molecule has 0 unspecified atom stereocenters. The maximum atomic E-state index is 6.04. The first-order chi connectivity index (χ1) is 9.70. The first-order valence-electron chi connectivity index (χ1n) is 5.92. The lowest BCUT2D eigenvalue weighted by molar-refractivity contribution is 0.416. The minimum absolute atomic E-state index is 0.478. The van der Waals surface area contributed by atoms with Gasteiger partial charge < -0.3 is 10.5 Å². The van der Waals surface area contributed by atoms with E-state index in [-0.39, 0.29) is 0 Å². The van der Waals surface area contributed by atoms with Crippen molar-refractivity contribution in [3.05, 3.63) is 38.6 Å². The number of anilines is 1. The molecule has 0 aliphatic carbocycles. The summed E-state index contributed by atoms with van der Waals surface area (Å²) in [5, 5.41) is 9.27. The molecule has 0 radical (unpaired) electrons. The fourth-order valence-electron chi connectivity index (χ4n) is 2.13. The molecule has 0 spiro atoms. The van der Waals surface area contributed by atoms with E-state index in [1.54, 1.807) is 18.4 Å². The lowest BCUT2D eigenvalue weighted by Gasteiger charge is -2.08. The Kier molecular flexibility index (Phi) is 3.66. The smallest absolute Gasteiger partial charge is 0.153 e. The fourth-order valence-corrected chi connectivity index (χ4v) is 3.47. The summed E-state index contributed by atoms with van der Waals surface area (Å²) in [6, 6.07) is 9.91. The van der Waals surface area contributed by atoms with E-state index in [0.29, 0.717) is 5.82 Å². The van der Waals surface area contributed by atoms with Gasteiger partial charge in [0, 0.05) is 16.5 Å². The van der Waals surface area contributed by atoms with E-state index in [1.807, 2.05) is 24.3 Å². The molecule has 0 saturated carbocycles. The molecule has 0 aliphatic heterocycles. The number of thiophene rings is 1. The van der Waals surface area contributed by atoms with Gasteiger partial charge in [0.05, 0.1) is 21.3 Å². The van der Waals surface area contributed by atoms with Crippen molar-refractivity contribution in [2.75, 3.05) is 12.8 Å². The summed E-state index contributed by atoms with van der Waals surface area (Å²) in [6.45, 7) is 0. The lowest BCUT2D eigenvalue weighted by Crippen LogP contribution is -1.92. The van der Waals surface area contributed by atoms with Gasteiger partial charge in [-0.05, 0) is 34.7 Å². The van der Waals surface area contributed by atoms with Gasteiger partial charge in [-0.1, -0.05) is 18.2 Å². The molecule has 3 N–H and O–H groups in total. The Morgan fingerprint density at radius 2 is 2.15 bits per heavy atom. The number of H-pyrrole nitrogens is 1. The number of nitrogen functional groups attached to an aromatic ring is 1. The standard InChI is InChI=1S/C14H12IN3OS/c1-19-10-5-3-2-4-9(10)12-13(17-18-14(12)16)8-6-11(15)20-7-8/h2-7H,1H3,(H3,16,17,18). The number of ether oxygens (including phenoxy) is 1. The van der Waals surface area contributed by atoms with Crippen molar-refractivity contribution in [2.24, 2.45) is 0 Å². The third kappa shape index (κ3) is 2.29. The highest BCUT2D eigenvalue weighted by Gasteiger charge is 2.18. The second-order valence-electron chi connectivity index (χ2n) is 4.20. The van der Waals surface area contributed by atoms with Crippen LogP contribution in [0.4, 0.5) is 5.82 Å². The quantitative estimate of drug-likeness (QED) is 0.657. The number of hydrogen-bond acceptors (Lipinski definition) is 4. The van der Waals surface area contributed by atoms with Crippen molar-refractivity contribution in [2.45, 2.75) is 0 Å². The Morgan fingerprint density at radius 1 is 1.35 bits per heavy atom. The molecule has 0 atom stereocenters. The van der Waals surface area contributed by atoms with Crippen LogP contribution < -0.4 is 10.5 Å². The van der Waals surface area contributed by atoms with Crippen LogP contribution >= 0.6 is 33.9 Å². The number of aromatic nitrogens is 2. The average molecular weight is 397 g/mol. The summed E-state index contributed by atoms with van der Waals surface area (Å²) in [7, 11) is 1.66. The number of para-hydroxylation sites is 1. The molecule has 20 heavy (non-hydrogen) atoms. The van der Waals surface area contributed by atoms with E-state index >= 15 is 0 Å². The van der Waals surface area contributed by atoms with Crippen LogP contribution in [0.3, 0.4) is 0 Å². The maximum absolute atomic E-state index is 6.04. The van der Waals surface area contributed by atoms with Crippen LogP contribution in [0, 0.1) is 2.88 Å². The highest BCUT2D eigenvalue weighted by molar-refractivity contribution is 14.1. The van der Waals surface area contributed by atoms with Crippen molar-refractivity contribution < 1.29 is 4.74 Å². The Labute approximate surface area is 134 Å². The van der Waals surface area contributed by atoms with E-state index in [1.165, 1.54) is 2.88 Å². The molecule has 4 nitrogen and oxygen atoms in total. The molecule has 0 fully saturated rings. The first-order valence-corrected chi connectivity index (χ1v) is 7.88. The van der Waals surface area contributed by atoms with Crippen LogP contribution in [-0.2, 0) is 0 Å². The SMILES string of the molecule is COc1ccccc1-c1c(N)n[nH]c1-c1csc(I)c1. The number of nitrogens with one attached hydrogen (secondary N) is 1. The highest BCUT2D eigenvalue weighted by Crippen LogP contribution is 2.40. The van der Waals surface area contributed by atoms with Crippen LogP contribution in [-0.4, -0.2) is 17.3 Å². The molecule has 0 amide bonds. The molecule has 1 aromatic carbocycles. The van der Waals surface area contributed by atoms with Crippen molar-refractivity contribution in [3.63, 3.8) is 0 Å². The maximum Gasteiger partial charge on any atom is 0.153 e. The number of benzene rings is 1. The number of nitrogens with zero attached hydrogens (tertiary/aromatic N) is 1. The third-order valence-corrected chi connectivity index (χ3v) is 4.82. The summed E-state index contributed by atoms with van der Waals surface area (Å²) < 4.78 is 6.64. The number of halogens is 1. The number of nitrogens with two attached hydrogens (primary N) is 1. The third-order valence-electron chi connectivity index (χ3n) is 3.03. The van der Waals surface area contributed by atoms with Crippen LogP contribution in [0.25, 0.3) is 22.4 Å². The van der Waals surface area contributed by atoms with Crippen molar-refractivity contribution in [3.8, 4) is 28.1 Å². The predicted molar refractivity (Wildman–Crippen MR) is 91.0 cm³/mol. The van der Waals surface area contributed by atoms with Crippen molar-refractivity contribution in [1.82, 2.24) is 10.2 Å². The molecule has 2 aromatic heterocycles. The molecular weight excluding hydrogens is 385 g/mol. The number of rotatable bonds is 3. The van der Waals surface area contributed by atoms with Crippen molar-refractivity contribution >= 4 is 39.7 Å². The van der Waals surface area contributed by atoms with Crippen LogP contribution in [0.1, 0.15) is 0 Å². The van der Waals surface area contributed by atoms with Crippen LogP contribution in [0.15, 0.2) is 35.7 Å². The molecule has 0 bridgehead atoms. The molecule has 6 heteroatoms. The number of methoxy groups -OCH3 is 1. The van der Waals surface area contributed by atoms with Crippen molar-refractivity contribution in [1.29, 1.82) is 0 Å². The highest BCUT2D eigenvalue weighted by atomic mass is 127. The molecule has 3 aromatic rings. The lowest BCUT2D eigenvalue weighted by atomic mass is 10.0. The van der Waals surface area contributed by atoms with Gasteiger partial charge in [-0.2, -0.15) is 5.10 Å². The monoisotopic (exact) mass is 397 g/mol. The molecule has 3 rings (SSSR count). The normalized spacial score (nSPS) is 10.7. The van der Waals surface area contributed by atoms with E-state index in [0.717, 1.165) is 28.1 Å². The summed E-state index contributed by atoms with van der Waals surface area (Å²) in [6.07, 6.45) is 0. The van der Waals surface area contributed by atoms with Crippen LogP contribution in [0.2, 0.25) is 0 Å². The van der Waals surface area contributed by atoms with Gasteiger partial charge in [-0.25, -0.2) is 0 Å². The molecule has 0 saturated heterocycles. The second-order valence-corrected chi connectivity index (χ2v) is 7.00. The van der Waals surface area contributed by atoms with Gasteiger partial charge >= 0.3 is 0 Å². The molecule has 0 aliphatic rings. The minimum Gasteiger partial charge on any atom is -0.496 e. The minimum atomic E-state index is 0.478. The Bertz CT molecular complexity index is 750. The summed E-state index contributed by atoms with van der Waals surface area (Å²) in [5.41, 5.74) is 9.88. The fraction of sp³-hybridized carbons (Fsp3) is 0.0714. The summed E-state index contributed by atoms with van der Waals surface area (Å²) in [4.78, 5) is 0. The summed E-state index contributed by atoms with van der Waals surface area (Å²) >= 11 is 3.99. The zero-order chi connectivity index (χ0) is 14.1. The van der Waals surface area contributed by atoms with E-state index in [4.69, 9.17) is 10.5 Å². The second kappa shape index (κ2) is 5.45. The molecule has 2 heterocycles. The topological polar surface area (TPSA) is 63.9 Å². The zero-order valence-corrected chi connectivity index (χ0v) is 13.7. The van der Waals surface area contributed by atoms with E-state index < -0.39 is 0 Å². The first kappa shape index (κ1) is 13.4. The Balaban J connectivity index is 2.21. The van der Waals surface area contributed by atoms with Gasteiger partial charge in [0.2, 0.25) is 0 Å². The largest absolute Gasteiger partial charge is 0.496 e. The number of aromatic amines is 1. The Morgan fingerprint density at radius 3 is 2.85 bits per heavy atom. The molecule has 102 valence electrons. The van der Waals surface area contributed by atoms with Gasteiger partial charge in [-0.15, -0.1) is 11.3 Å². The molecular formula is C14H12IN3OS. The predicted octanol–water partition coefficient (Wildman–Crippen LogP) is 4.00. The van der Waals surface area contributed by atoms with Gasteiger partial charge in [0.1, 0.15) is 5.75 Å². The Hall–Kier alpha value is -1.54. The zero-order valence-electron chi connectivity index (χ0n) is 10.7. The van der Waals surface area contributed by atoms with Gasteiger partial charge in [0.25, 0.3) is 0 Å². The van der Waals surface area contributed by atoms with E-state index in [2.05, 4.69) is 44.2 Å². The van der Waals surface area contributed by atoms with E-state index in [9.17, 15) is 0 Å².